The highest BCUT2D eigenvalue weighted by Crippen LogP contribution is 2.47. The minimum Gasteiger partial charge on any atom is -0.405 e. The molecule has 1 fully saturated rings. The van der Waals surface area contributed by atoms with Gasteiger partial charge in [-0.05, 0) is 18.1 Å². The molecule has 0 saturated carbocycles. The molecule has 0 bridgehead atoms. The number of aliphatic hydroxyl groups is 1. The number of aliphatic hydroxyl groups excluding tert-OH is 1. The van der Waals surface area contributed by atoms with Crippen molar-refractivity contribution < 1.29 is 23.1 Å². The molecule has 142 valence electrons. The normalized spacial score (nSPS) is 26.8. The summed E-state index contributed by atoms with van der Waals surface area (Å²) in [6.07, 6.45) is -4.00. The van der Waals surface area contributed by atoms with Gasteiger partial charge in [0.15, 0.2) is 8.32 Å². The topological polar surface area (TPSA) is 93.5 Å². The van der Waals surface area contributed by atoms with Crippen LogP contribution in [0.15, 0.2) is 21.9 Å². The quantitative estimate of drug-likeness (QED) is 0.774. The minimum atomic E-state index is -3.56. The van der Waals surface area contributed by atoms with Crippen LogP contribution in [0, 0.1) is 0 Å². The summed E-state index contributed by atoms with van der Waals surface area (Å²) in [6.45, 7) is 8.68. The number of aromatic amines is 1. The number of hydrogen-bond donors (Lipinski definition) is 2. The molecule has 2 N–H and O–H groups in total. The van der Waals surface area contributed by atoms with Crippen LogP contribution in [0.5, 0.6) is 0 Å². The Morgan fingerprint density at radius 1 is 1.40 bits per heavy atom. The molecule has 1 aliphatic heterocycles. The molecule has 0 radical (unpaired) electrons. The van der Waals surface area contributed by atoms with Crippen LogP contribution in [0.4, 0.5) is 8.78 Å². The highest BCUT2D eigenvalue weighted by molar-refractivity contribution is 6.74. The number of nitrogens with one attached hydrogen (secondary N) is 1. The predicted octanol–water partition coefficient (Wildman–Crippen LogP) is 1.45. The van der Waals surface area contributed by atoms with Crippen molar-refractivity contribution in [1.29, 1.82) is 0 Å². The van der Waals surface area contributed by atoms with Crippen LogP contribution in [0.25, 0.3) is 0 Å². The number of hydrogen-bond acceptors (Lipinski definition) is 5. The van der Waals surface area contributed by atoms with Gasteiger partial charge < -0.3 is 14.3 Å². The summed E-state index contributed by atoms with van der Waals surface area (Å²) in [5, 5.41) is 9.15. The summed E-state index contributed by atoms with van der Waals surface area (Å²) in [7, 11) is -2.59. The molecule has 2 heterocycles. The van der Waals surface area contributed by atoms with E-state index in [2.05, 4.69) is 0 Å². The van der Waals surface area contributed by atoms with Crippen LogP contribution in [-0.2, 0) is 9.16 Å². The summed E-state index contributed by atoms with van der Waals surface area (Å²) in [4.78, 5) is 24.9. The Morgan fingerprint density at radius 2 is 2.00 bits per heavy atom. The van der Waals surface area contributed by atoms with Gasteiger partial charge in [0.25, 0.3) is 5.56 Å². The van der Waals surface area contributed by atoms with E-state index in [1.165, 1.54) is 0 Å². The SMILES string of the molecule is CC(C)(C)[Si](C)(C)OC1C(CO)O[C@@H](n2ccc(=O)[nH]c2=O)C1(F)F. The van der Waals surface area contributed by atoms with E-state index in [1.807, 2.05) is 38.8 Å². The molecule has 1 aliphatic rings. The van der Waals surface area contributed by atoms with Crippen molar-refractivity contribution in [1.82, 2.24) is 9.55 Å². The van der Waals surface area contributed by atoms with Crippen molar-refractivity contribution >= 4 is 8.32 Å². The van der Waals surface area contributed by atoms with E-state index in [1.54, 1.807) is 0 Å². The third-order valence-electron chi connectivity index (χ3n) is 4.86. The van der Waals surface area contributed by atoms with Crippen molar-refractivity contribution in [2.75, 3.05) is 6.61 Å². The molecule has 1 aromatic heterocycles. The van der Waals surface area contributed by atoms with Gasteiger partial charge in [-0.3, -0.25) is 14.3 Å². The van der Waals surface area contributed by atoms with Gasteiger partial charge in [-0.2, -0.15) is 8.78 Å². The van der Waals surface area contributed by atoms with E-state index in [9.17, 15) is 14.7 Å². The predicted molar refractivity (Wildman–Crippen MR) is 89.3 cm³/mol. The molecular formula is C15H24F2N2O5Si. The molecule has 2 rings (SSSR count). The van der Waals surface area contributed by atoms with Crippen LogP contribution in [0.3, 0.4) is 0 Å². The number of nitrogens with zero attached hydrogens (tertiary/aromatic N) is 1. The summed E-state index contributed by atoms with van der Waals surface area (Å²) in [6, 6.07) is 0.955. The molecule has 0 spiro atoms. The number of aromatic nitrogens is 2. The standard InChI is InChI=1S/C15H24F2N2O5Si/c1-14(2,3)25(4,5)24-11-9(8-20)23-12(15(11,16)17)19-7-6-10(21)18-13(19)22/h6-7,9,11-12,20H,8H2,1-5H3,(H,18,21,22)/t9?,11?,12-/m1/s1. The second-order valence-electron chi connectivity index (χ2n) is 7.70. The number of alkyl halides is 2. The Balaban J connectivity index is 2.42. The molecule has 3 atom stereocenters. The number of ether oxygens (including phenoxy) is 1. The van der Waals surface area contributed by atoms with Crippen molar-refractivity contribution in [3.63, 3.8) is 0 Å². The zero-order valence-electron chi connectivity index (χ0n) is 14.9. The Kier molecular flexibility index (Phi) is 5.12. The Labute approximate surface area is 144 Å². The number of halogens is 2. The van der Waals surface area contributed by atoms with E-state index >= 15 is 8.78 Å². The van der Waals surface area contributed by atoms with Gasteiger partial charge in [-0.15, -0.1) is 0 Å². The van der Waals surface area contributed by atoms with E-state index in [4.69, 9.17) is 9.16 Å². The average Bonchev–Trinajstić information content (AvgIpc) is 2.69. The van der Waals surface area contributed by atoms with E-state index in [-0.39, 0.29) is 5.04 Å². The lowest BCUT2D eigenvalue weighted by atomic mass is 10.1. The maximum atomic E-state index is 15.0. The lowest BCUT2D eigenvalue weighted by molar-refractivity contribution is -0.138. The van der Waals surface area contributed by atoms with Crippen LogP contribution >= 0.6 is 0 Å². The summed E-state index contributed by atoms with van der Waals surface area (Å²) < 4.78 is 41.7. The minimum absolute atomic E-state index is 0.323. The first-order valence-electron chi connectivity index (χ1n) is 7.94. The monoisotopic (exact) mass is 378 g/mol. The third kappa shape index (κ3) is 3.62. The fourth-order valence-corrected chi connectivity index (χ4v) is 3.66. The molecule has 0 amide bonds. The maximum absolute atomic E-state index is 15.0. The van der Waals surface area contributed by atoms with Crippen molar-refractivity contribution in [3.8, 4) is 0 Å². The zero-order chi connectivity index (χ0) is 19.2. The van der Waals surface area contributed by atoms with Gasteiger partial charge in [0.1, 0.15) is 12.2 Å². The van der Waals surface area contributed by atoms with Crippen LogP contribution in [-0.4, -0.2) is 47.7 Å². The van der Waals surface area contributed by atoms with Crippen molar-refractivity contribution in [3.05, 3.63) is 33.1 Å². The van der Waals surface area contributed by atoms with E-state index < -0.39 is 50.5 Å². The van der Waals surface area contributed by atoms with Crippen LogP contribution in [0.2, 0.25) is 18.1 Å². The third-order valence-corrected chi connectivity index (χ3v) is 9.32. The van der Waals surface area contributed by atoms with Crippen molar-refractivity contribution in [2.45, 2.75) is 63.3 Å². The molecule has 0 aromatic carbocycles. The van der Waals surface area contributed by atoms with Crippen molar-refractivity contribution in [2.24, 2.45) is 0 Å². The highest BCUT2D eigenvalue weighted by Gasteiger charge is 2.62. The molecular weight excluding hydrogens is 354 g/mol. The summed E-state index contributed by atoms with van der Waals surface area (Å²) >= 11 is 0. The fourth-order valence-electron chi connectivity index (χ4n) is 2.37. The highest BCUT2D eigenvalue weighted by atomic mass is 28.4. The fraction of sp³-hybridized carbons (Fsp3) is 0.733. The van der Waals surface area contributed by atoms with Gasteiger partial charge in [0, 0.05) is 12.3 Å². The summed E-state index contributed by atoms with van der Waals surface area (Å²) in [5.41, 5.74) is -1.71. The lowest BCUT2D eigenvalue weighted by Crippen LogP contribution is -2.52. The molecule has 10 heteroatoms. The van der Waals surface area contributed by atoms with E-state index in [0.717, 1.165) is 12.3 Å². The first-order valence-corrected chi connectivity index (χ1v) is 10.9. The first kappa shape index (κ1) is 20.0. The Morgan fingerprint density at radius 3 is 2.48 bits per heavy atom. The lowest BCUT2D eigenvalue weighted by Gasteiger charge is -2.40. The maximum Gasteiger partial charge on any atom is 0.330 e. The summed E-state index contributed by atoms with van der Waals surface area (Å²) in [5.74, 6) is -3.56. The van der Waals surface area contributed by atoms with Gasteiger partial charge >= 0.3 is 11.6 Å². The van der Waals surface area contributed by atoms with Gasteiger partial charge in [-0.1, -0.05) is 20.8 Å². The van der Waals surface area contributed by atoms with Gasteiger partial charge in [-0.25, -0.2) is 4.79 Å². The number of rotatable bonds is 4. The molecule has 7 nitrogen and oxygen atoms in total. The Hall–Kier alpha value is -1.36. The largest absolute Gasteiger partial charge is 0.405 e. The molecule has 1 aromatic rings. The molecule has 25 heavy (non-hydrogen) atoms. The second-order valence-corrected chi connectivity index (χ2v) is 12.5. The Bertz CT molecular complexity index is 740. The van der Waals surface area contributed by atoms with E-state index in [0.29, 0.717) is 4.57 Å². The molecule has 0 aliphatic carbocycles. The second kappa shape index (κ2) is 6.42. The smallest absolute Gasteiger partial charge is 0.330 e. The zero-order valence-corrected chi connectivity index (χ0v) is 15.9. The average molecular weight is 378 g/mol. The van der Waals surface area contributed by atoms with Gasteiger partial charge in [0.05, 0.1) is 6.61 Å². The number of H-pyrrole nitrogens is 1. The van der Waals surface area contributed by atoms with Gasteiger partial charge in [0.2, 0.25) is 6.23 Å². The van der Waals surface area contributed by atoms with Crippen LogP contribution in [0.1, 0.15) is 27.0 Å². The molecule has 2 unspecified atom stereocenters. The van der Waals surface area contributed by atoms with Crippen LogP contribution < -0.4 is 11.2 Å². The molecule has 1 saturated heterocycles. The first-order chi connectivity index (χ1) is 11.3.